The zero-order chi connectivity index (χ0) is 17.3. The quantitative estimate of drug-likeness (QED) is 0.693. The number of nitrogens with zero attached hydrogens (tertiary/aromatic N) is 2. The highest BCUT2D eigenvalue weighted by Gasteiger charge is 2.30. The zero-order valence-corrected chi connectivity index (χ0v) is 15.3. The largest absolute Gasteiger partial charge is 0.290 e. The zero-order valence-electron chi connectivity index (χ0n) is 13.7. The molecule has 122 valence electrons. The van der Waals surface area contributed by atoms with E-state index in [9.17, 15) is 4.79 Å². The summed E-state index contributed by atoms with van der Waals surface area (Å²) in [6, 6.07) is 13.4. The van der Waals surface area contributed by atoms with Crippen LogP contribution in [0.5, 0.6) is 0 Å². The molecule has 0 bridgehead atoms. The van der Waals surface area contributed by atoms with Crippen LogP contribution >= 0.6 is 23.4 Å². The molecule has 1 aliphatic heterocycles. The number of carbonyl (C=O) groups is 1. The summed E-state index contributed by atoms with van der Waals surface area (Å²) in [5.41, 5.74) is 4.21. The maximum Gasteiger partial charge on any atom is 0.266 e. The number of amides is 1. The average Bonchev–Trinajstić information content (AvgIpc) is 2.81. The first-order valence-corrected chi connectivity index (χ1v) is 8.72. The summed E-state index contributed by atoms with van der Waals surface area (Å²) < 4.78 is 0. The summed E-state index contributed by atoms with van der Waals surface area (Å²) in [4.78, 5) is 19.3. The van der Waals surface area contributed by atoms with Gasteiger partial charge in [0.2, 0.25) is 0 Å². The predicted molar refractivity (Wildman–Crippen MR) is 103 cm³/mol. The Bertz CT molecular complexity index is 856. The van der Waals surface area contributed by atoms with Gasteiger partial charge in [0.25, 0.3) is 5.91 Å². The minimum absolute atomic E-state index is 0.0440. The third kappa shape index (κ3) is 3.55. The molecule has 5 heteroatoms. The van der Waals surface area contributed by atoms with Gasteiger partial charge in [-0.2, -0.15) is 0 Å². The highest BCUT2D eigenvalue weighted by atomic mass is 35.5. The topological polar surface area (TPSA) is 32.7 Å². The second-order valence-corrected chi connectivity index (χ2v) is 7.13. The van der Waals surface area contributed by atoms with Crippen LogP contribution < -0.4 is 0 Å². The van der Waals surface area contributed by atoms with Crippen LogP contribution in [0.25, 0.3) is 6.08 Å². The van der Waals surface area contributed by atoms with Gasteiger partial charge in [-0.15, -0.1) is 0 Å². The fourth-order valence-electron chi connectivity index (χ4n) is 2.27. The van der Waals surface area contributed by atoms with E-state index in [1.807, 2.05) is 48.5 Å². The molecule has 1 aliphatic rings. The fraction of sp³-hybridized carbons (Fsp3) is 0.158. The van der Waals surface area contributed by atoms with Crippen LogP contribution in [0.3, 0.4) is 0 Å². The standard InChI is InChI=1S/C19H17ClN2OS/c1-12-4-9-16(10-13(12)2)21-19-22(3)18(23)17(24-19)11-14-5-7-15(20)8-6-14/h4-11H,1-3H3/b17-11+,21-19?. The molecule has 3 rings (SSSR count). The minimum Gasteiger partial charge on any atom is -0.290 e. The highest BCUT2D eigenvalue weighted by Crippen LogP contribution is 2.33. The van der Waals surface area contributed by atoms with Crippen molar-refractivity contribution in [3.63, 3.8) is 0 Å². The number of rotatable bonds is 2. The number of hydrogen-bond donors (Lipinski definition) is 0. The van der Waals surface area contributed by atoms with E-state index in [-0.39, 0.29) is 5.91 Å². The number of hydrogen-bond acceptors (Lipinski definition) is 3. The van der Waals surface area contributed by atoms with Gasteiger partial charge in [-0.3, -0.25) is 9.69 Å². The summed E-state index contributed by atoms with van der Waals surface area (Å²) in [6.45, 7) is 4.13. The molecule has 0 aliphatic carbocycles. The van der Waals surface area contributed by atoms with Gasteiger partial charge in [0.15, 0.2) is 5.17 Å². The van der Waals surface area contributed by atoms with Crippen molar-refractivity contribution in [1.29, 1.82) is 0 Å². The van der Waals surface area contributed by atoms with E-state index in [4.69, 9.17) is 11.6 Å². The lowest BCUT2D eigenvalue weighted by Crippen LogP contribution is -2.23. The van der Waals surface area contributed by atoms with Crippen molar-refractivity contribution >= 4 is 46.2 Å². The van der Waals surface area contributed by atoms with Crippen molar-refractivity contribution in [1.82, 2.24) is 4.90 Å². The Balaban J connectivity index is 1.89. The molecule has 3 nitrogen and oxygen atoms in total. The van der Waals surface area contributed by atoms with Crippen molar-refractivity contribution < 1.29 is 4.79 Å². The molecule has 0 aromatic heterocycles. The maximum absolute atomic E-state index is 12.4. The Hall–Kier alpha value is -2.04. The van der Waals surface area contributed by atoms with Crippen LogP contribution in [-0.4, -0.2) is 23.0 Å². The van der Waals surface area contributed by atoms with Crippen LogP contribution in [0, 0.1) is 13.8 Å². The summed E-state index contributed by atoms with van der Waals surface area (Å²) in [5.74, 6) is -0.0440. The van der Waals surface area contributed by atoms with Gasteiger partial charge in [-0.1, -0.05) is 29.8 Å². The molecule has 0 spiro atoms. The van der Waals surface area contributed by atoms with Crippen LogP contribution in [0.1, 0.15) is 16.7 Å². The second-order valence-electron chi connectivity index (χ2n) is 5.69. The van der Waals surface area contributed by atoms with E-state index >= 15 is 0 Å². The number of carbonyl (C=O) groups excluding carboxylic acids is 1. The van der Waals surface area contributed by atoms with Gasteiger partial charge in [0.05, 0.1) is 10.6 Å². The Kier molecular flexibility index (Phi) is 4.78. The molecular formula is C19H17ClN2OS. The van der Waals surface area contributed by atoms with Gasteiger partial charge >= 0.3 is 0 Å². The minimum atomic E-state index is -0.0440. The molecule has 24 heavy (non-hydrogen) atoms. The maximum atomic E-state index is 12.4. The highest BCUT2D eigenvalue weighted by molar-refractivity contribution is 8.18. The van der Waals surface area contributed by atoms with Crippen molar-refractivity contribution in [2.75, 3.05) is 7.05 Å². The third-order valence-electron chi connectivity index (χ3n) is 3.89. The SMILES string of the molecule is Cc1ccc(N=C2S/C(=C/c3ccc(Cl)cc3)C(=O)N2C)cc1C. The smallest absolute Gasteiger partial charge is 0.266 e. The molecular weight excluding hydrogens is 340 g/mol. The van der Waals surface area contributed by atoms with E-state index in [1.165, 1.54) is 22.9 Å². The molecule has 2 aromatic rings. The Morgan fingerprint density at radius 2 is 1.79 bits per heavy atom. The lowest BCUT2D eigenvalue weighted by molar-refractivity contribution is -0.121. The Labute approximate surface area is 151 Å². The molecule has 0 N–H and O–H groups in total. The van der Waals surface area contributed by atoms with Gasteiger partial charge in [-0.05, 0) is 72.6 Å². The van der Waals surface area contributed by atoms with Gasteiger partial charge in [0.1, 0.15) is 0 Å². The van der Waals surface area contributed by atoms with E-state index < -0.39 is 0 Å². The lowest BCUT2D eigenvalue weighted by Gasteiger charge is -2.08. The average molecular weight is 357 g/mol. The Morgan fingerprint density at radius 1 is 1.08 bits per heavy atom. The summed E-state index contributed by atoms with van der Waals surface area (Å²) in [6.07, 6.45) is 1.86. The van der Waals surface area contributed by atoms with Crippen molar-refractivity contribution in [2.45, 2.75) is 13.8 Å². The molecule has 1 amide bonds. The molecule has 0 radical (unpaired) electrons. The molecule has 1 heterocycles. The molecule has 1 saturated heterocycles. The first kappa shape index (κ1) is 16.8. The summed E-state index contributed by atoms with van der Waals surface area (Å²) >= 11 is 7.28. The molecule has 1 fully saturated rings. The van der Waals surface area contributed by atoms with Gasteiger partial charge in [0, 0.05) is 12.1 Å². The van der Waals surface area contributed by atoms with E-state index in [2.05, 4.69) is 18.8 Å². The molecule has 2 aromatic carbocycles. The first-order chi connectivity index (χ1) is 11.4. The summed E-state index contributed by atoms with van der Waals surface area (Å²) in [7, 11) is 1.75. The van der Waals surface area contributed by atoms with E-state index in [1.54, 1.807) is 11.9 Å². The second kappa shape index (κ2) is 6.83. The van der Waals surface area contributed by atoms with Crippen LogP contribution in [0.4, 0.5) is 5.69 Å². The van der Waals surface area contributed by atoms with Crippen molar-refractivity contribution in [3.8, 4) is 0 Å². The molecule has 0 unspecified atom stereocenters. The van der Waals surface area contributed by atoms with Crippen molar-refractivity contribution in [2.24, 2.45) is 4.99 Å². The van der Waals surface area contributed by atoms with Crippen LogP contribution in [-0.2, 0) is 4.79 Å². The van der Waals surface area contributed by atoms with Crippen molar-refractivity contribution in [3.05, 3.63) is 69.1 Å². The fourth-order valence-corrected chi connectivity index (χ4v) is 3.38. The number of thioether (sulfide) groups is 1. The number of amidine groups is 1. The normalized spacial score (nSPS) is 18.0. The van der Waals surface area contributed by atoms with Gasteiger partial charge < -0.3 is 0 Å². The van der Waals surface area contributed by atoms with E-state index in [0.717, 1.165) is 11.3 Å². The van der Waals surface area contributed by atoms with E-state index in [0.29, 0.717) is 15.1 Å². The monoisotopic (exact) mass is 356 g/mol. The first-order valence-electron chi connectivity index (χ1n) is 7.53. The lowest BCUT2D eigenvalue weighted by atomic mass is 10.1. The Morgan fingerprint density at radius 3 is 2.46 bits per heavy atom. The number of halogens is 1. The summed E-state index contributed by atoms with van der Waals surface area (Å²) in [5, 5.41) is 1.36. The van der Waals surface area contributed by atoms with Crippen LogP contribution in [0.15, 0.2) is 52.4 Å². The third-order valence-corrected chi connectivity index (χ3v) is 5.20. The molecule has 0 atom stereocenters. The van der Waals surface area contributed by atoms with Crippen LogP contribution in [0.2, 0.25) is 5.02 Å². The number of benzene rings is 2. The van der Waals surface area contributed by atoms with Gasteiger partial charge in [-0.25, -0.2) is 4.99 Å². The number of aryl methyl sites for hydroxylation is 2. The number of likely N-dealkylation sites (N-methyl/N-ethyl adjacent to an activating group) is 1. The number of aliphatic imine (C=N–C) groups is 1. The molecule has 0 saturated carbocycles. The predicted octanol–water partition coefficient (Wildman–Crippen LogP) is 5.19.